The lowest BCUT2D eigenvalue weighted by Gasteiger charge is -2.17. The Hall–Kier alpha value is -1.34. The Bertz CT molecular complexity index is 335. The standard InChI is InChI=1S/C12H23N3O4/c1-7(2)3-9(13)11(17)14-4-8-5-15(12(18)19)6-10(8)16/h7-10,16H,3-6,13H2,1-2H3,(H,14,17)(H,18,19)/t8?,9-,10?/m0/s1. The summed E-state index contributed by atoms with van der Waals surface area (Å²) in [6.07, 6.45) is -1.19. The van der Waals surface area contributed by atoms with Gasteiger partial charge in [0.05, 0.1) is 18.7 Å². The fraction of sp³-hybridized carbons (Fsp3) is 0.833. The Kier molecular flexibility index (Phi) is 5.56. The van der Waals surface area contributed by atoms with Crippen LogP contribution in [0.25, 0.3) is 0 Å². The highest BCUT2D eigenvalue weighted by molar-refractivity contribution is 5.81. The van der Waals surface area contributed by atoms with Gasteiger partial charge in [0.2, 0.25) is 5.91 Å². The predicted octanol–water partition coefficient (Wildman–Crippen LogP) is -0.553. The maximum absolute atomic E-state index is 11.7. The van der Waals surface area contributed by atoms with Crippen LogP contribution in [0.1, 0.15) is 20.3 Å². The number of nitrogens with zero attached hydrogens (tertiary/aromatic N) is 1. The van der Waals surface area contributed by atoms with Gasteiger partial charge < -0.3 is 26.2 Å². The molecule has 0 bridgehead atoms. The number of aliphatic hydroxyl groups excluding tert-OH is 1. The van der Waals surface area contributed by atoms with E-state index < -0.39 is 18.2 Å². The molecule has 0 aromatic carbocycles. The summed E-state index contributed by atoms with van der Waals surface area (Å²) in [6, 6.07) is -0.561. The fourth-order valence-corrected chi connectivity index (χ4v) is 2.19. The van der Waals surface area contributed by atoms with Crippen LogP contribution in [-0.2, 0) is 4.79 Å². The Morgan fingerprint density at radius 1 is 1.42 bits per heavy atom. The first-order chi connectivity index (χ1) is 8.81. The Morgan fingerprint density at radius 2 is 2.05 bits per heavy atom. The average Bonchev–Trinajstić information content (AvgIpc) is 2.67. The quantitative estimate of drug-likeness (QED) is 0.536. The minimum absolute atomic E-state index is 0.0912. The summed E-state index contributed by atoms with van der Waals surface area (Å²) in [6.45, 7) is 4.54. The lowest BCUT2D eigenvalue weighted by Crippen LogP contribution is -2.44. The molecule has 1 rings (SSSR count). The lowest BCUT2D eigenvalue weighted by atomic mass is 10.0. The van der Waals surface area contributed by atoms with Crippen molar-refractivity contribution in [3.05, 3.63) is 0 Å². The first-order valence-corrected chi connectivity index (χ1v) is 6.50. The van der Waals surface area contributed by atoms with Crippen LogP contribution in [0.3, 0.4) is 0 Å². The van der Waals surface area contributed by atoms with Crippen LogP contribution in [-0.4, -0.2) is 58.9 Å². The third-order valence-electron chi connectivity index (χ3n) is 3.28. The van der Waals surface area contributed by atoms with Crippen LogP contribution in [0.15, 0.2) is 0 Å². The number of nitrogens with one attached hydrogen (secondary N) is 1. The molecule has 2 unspecified atom stereocenters. The molecule has 7 nitrogen and oxygen atoms in total. The second kappa shape index (κ2) is 6.72. The molecule has 1 saturated heterocycles. The number of carbonyl (C=O) groups excluding carboxylic acids is 1. The average molecular weight is 273 g/mol. The molecule has 0 aromatic rings. The molecule has 0 radical (unpaired) electrons. The van der Waals surface area contributed by atoms with Gasteiger partial charge >= 0.3 is 6.09 Å². The van der Waals surface area contributed by atoms with Crippen LogP contribution in [0.2, 0.25) is 0 Å². The number of β-amino-alcohol motifs (C(OH)–C–C–N with tert-alkyl or cyclic N) is 1. The van der Waals surface area contributed by atoms with Crippen molar-refractivity contribution >= 4 is 12.0 Å². The van der Waals surface area contributed by atoms with Gasteiger partial charge in [0.1, 0.15) is 0 Å². The van der Waals surface area contributed by atoms with Gasteiger partial charge in [-0.25, -0.2) is 4.79 Å². The predicted molar refractivity (Wildman–Crippen MR) is 69.5 cm³/mol. The molecule has 1 aliphatic rings. The summed E-state index contributed by atoms with van der Waals surface area (Å²) >= 11 is 0. The van der Waals surface area contributed by atoms with E-state index in [0.29, 0.717) is 12.3 Å². The maximum atomic E-state index is 11.7. The number of rotatable bonds is 5. The number of likely N-dealkylation sites (tertiary alicyclic amines) is 1. The van der Waals surface area contributed by atoms with Gasteiger partial charge in [0, 0.05) is 19.0 Å². The van der Waals surface area contributed by atoms with Crippen molar-refractivity contribution in [2.75, 3.05) is 19.6 Å². The molecule has 7 heteroatoms. The number of hydrogen-bond donors (Lipinski definition) is 4. The molecule has 1 aliphatic heterocycles. The minimum atomic E-state index is -1.05. The molecule has 2 amide bonds. The second-order valence-electron chi connectivity index (χ2n) is 5.50. The first-order valence-electron chi connectivity index (χ1n) is 6.50. The van der Waals surface area contributed by atoms with E-state index in [1.54, 1.807) is 0 Å². The number of hydrogen-bond acceptors (Lipinski definition) is 4. The molecule has 1 fully saturated rings. The number of carbonyl (C=O) groups is 2. The SMILES string of the molecule is CC(C)C[C@H](N)C(=O)NCC1CN(C(=O)O)CC1O. The van der Waals surface area contributed by atoms with E-state index in [-0.39, 0.29) is 31.5 Å². The third kappa shape index (κ3) is 4.68. The zero-order chi connectivity index (χ0) is 14.6. The molecule has 3 atom stereocenters. The number of amides is 2. The summed E-state index contributed by atoms with van der Waals surface area (Å²) in [5, 5.41) is 21.2. The fourth-order valence-electron chi connectivity index (χ4n) is 2.19. The van der Waals surface area contributed by atoms with E-state index in [1.165, 1.54) is 0 Å². The Labute approximate surface area is 112 Å². The Balaban J connectivity index is 2.36. The summed E-state index contributed by atoms with van der Waals surface area (Å²) in [5.41, 5.74) is 5.73. The van der Waals surface area contributed by atoms with Crippen molar-refractivity contribution in [3.8, 4) is 0 Å². The van der Waals surface area contributed by atoms with Crippen molar-refractivity contribution in [1.29, 1.82) is 0 Å². The Morgan fingerprint density at radius 3 is 2.53 bits per heavy atom. The molecule has 5 N–H and O–H groups in total. The molecule has 0 spiro atoms. The van der Waals surface area contributed by atoms with Gasteiger partial charge in [-0.2, -0.15) is 0 Å². The lowest BCUT2D eigenvalue weighted by molar-refractivity contribution is -0.122. The zero-order valence-electron chi connectivity index (χ0n) is 11.4. The maximum Gasteiger partial charge on any atom is 0.407 e. The largest absolute Gasteiger partial charge is 0.465 e. The van der Waals surface area contributed by atoms with E-state index >= 15 is 0 Å². The zero-order valence-corrected chi connectivity index (χ0v) is 11.4. The van der Waals surface area contributed by atoms with Crippen molar-refractivity contribution in [1.82, 2.24) is 10.2 Å². The van der Waals surface area contributed by atoms with Crippen molar-refractivity contribution in [3.63, 3.8) is 0 Å². The first kappa shape index (κ1) is 15.7. The van der Waals surface area contributed by atoms with E-state index in [4.69, 9.17) is 10.8 Å². The van der Waals surface area contributed by atoms with Gasteiger partial charge in [-0.05, 0) is 12.3 Å². The molecular formula is C12H23N3O4. The smallest absolute Gasteiger partial charge is 0.407 e. The van der Waals surface area contributed by atoms with Crippen LogP contribution in [0, 0.1) is 11.8 Å². The monoisotopic (exact) mass is 273 g/mol. The van der Waals surface area contributed by atoms with Crippen LogP contribution in [0.5, 0.6) is 0 Å². The summed E-state index contributed by atoms with van der Waals surface area (Å²) in [4.78, 5) is 23.6. The number of carboxylic acid groups (broad SMARTS) is 1. The van der Waals surface area contributed by atoms with Gasteiger partial charge in [-0.1, -0.05) is 13.8 Å². The van der Waals surface area contributed by atoms with Crippen molar-refractivity contribution in [2.24, 2.45) is 17.6 Å². The molecule has 1 heterocycles. The summed E-state index contributed by atoms with van der Waals surface area (Å²) in [5.74, 6) is -0.193. The van der Waals surface area contributed by atoms with Crippen molar-refractivity contribution < 1.29 is 19.8 Å². The normalized spacial score (nSPS) is 24.6. The van der Waals surface area contributed by atoms with E-state index in [1.807, 2.05) is 13.8 Å². The highest BCUT2D eigenvalue weighted by Gasteiger charge is 2.34. The van der Waals surface area contributed by atoms with E-state index in [0.717, 1.165) is 4.90 Å². The van der Waals surface area contributed by atoms with Crippen LogP contribution >= 0.6 is 0 Å². The van der Waals surface area contributed by atoms with Crippen LogP contribution < -0.4 is 11.1 Å². The van der Waals surface area contributed by atoms with Gasteiger partial charge in [0.25, 0.3) is 0 Å². The molecule has 0 aromatic heterocycles. The third-order valence-corrected chi connectivity index (χ3v) is 3.28. The summed E-state index contributed by atoms with van der Waals surface area (Å²) < 4.78 is 0. The molecular weight excluding hydrogens is 250 g/mol. The number of nitrogens with two attached hydrogens (primary N) is 1. The molecule has 0 aliphatic carbocycles. The van der Waals surface area contributed by atoms with E-state index in [9.17, 15) is 14.7 Å². The topological polar surface area (TPSA) is 116 Å². The molecule has 19 heavy (non-hydrogen) atoms. The molecule has 110 valence electrons. The summed E-state index contributed by atoms with van der Waals surface area (Å²) in [7, 11) is 0. The molecule has 0 saturated carbocycles. The second-order valence-corrected chi connectivity index (χ2v) is 5.50. The van der Waals surface area contributed by atoms with Gasteiger partial charge in [-0.15, -0.1) is 0 Å². The highest BCUT2D eigenvalue weighted by atomic mass is 16.4. The van der Waals surface area contributed by atoms with E-state index in [2.05, 4.69) is 5.32 Å². The van der Waals surface area contributed by atoms with Gasteiger partial charge in [-0.3, -0.25) is 4.79 Å². The minimum Gasteiger partial charge on any atom is -0.465 e. The van der Waals surface area contributed by atoms with Crippen LogP contribution in [0.4, 0.5) is 4.79 Å². The number of aliphatic hydroxyl groups is 1. The van der Waals surface area contributed by atoms with Crippen molar-refractivity contribution in [2.45, 2.75) is 32.4 Å². The highest BCUT2D eigenvalue weighted by Crippen LogP contribution is 2.16. The van der Waals surface area contributed by atoms with Gasteiger partial charge in [0.15, 0.2) is 0 Å².